The number of sulfone groups is 1. The van der Waals surface area contributed by atoms with Gasteiger partial charge in [0.15, 0.2) is 5.69 Å². The molecule has 0 atom stereocenters. The van der Waals surface area contributed by atoms with Crippen molar-refractivity contribution >= 4 is 43.8 Å². The minimum absolute atomic E-state index is 0.0352. The molecular formula is C22H16ClN3O3S. The van der Waals surface area contributed by atoms with Gasteiger partial charge in [0.05, 0.1) is 17.0 Å². The summed E-state index contributed by atoms with van der Waals surface area (Å²) < 4.78 is 25.4. The number of anilines is 1. The summed E-state index contributed by atoms with van der Waals surface area (Å²) in [4.78, 5) is 20.5. The third-order valence-corrected chi connectivity index (χ3v) is 6.17. The fourth-order valence-corrected chi connectivity index (χ4v) is 4.36. The minimum atomic E-state index is -3.85. The number of hydrogen-bond acceptors (Lipinski definition) is 5. The third-order valence-electron chi connectivity index (χ3n) is 4.42. The second-order valence-electron chi connectivity index (χ2n) is 6.61. The minimum Gasteiger partial charge on any atom is -0.321 e. The molecule has 6 nitrogen and oxygen atoms in total. The first-order valence-electron chi connectivity index (χ1n) is 9.02. The first kappa shape index (κ1) is 20.0. The van der Waals surface area contributed by atoms with E-state index in [9.17, 15) is 13.2 Å². The van der Waals surface area contributed by atoms with Gasteiger partial charge in [-0.3, -0.25) is 4.79 Å². The van der Waals surface area contributed by atoms with E-state index in [2.05, 4.69) is 15.3 Å². The number of nitrogens with one attached hydrogen (secondary N) is 1. The number of halogens is 1. The van der Waals surface area contributed by atoms with E-state index < -0.39 is 20.9 Å². The summed E-state index contributed by atoms with van der Waals surface area (Å²) in [6.45, 7) is 0. The van der Waals surface area contributed by atoms with Crippen LogP contribution in [0, 0.1) is 0 Å². The van der Waals surface area contributed by atoms with Crippen molar-refractivity contribution in [1.29, 1.82) is 0 Å². The molecule has 1 amide bonds. The highest BCUT2D eigenvalue weighted by molar-refractivity contribution is 7.90. The van der Waals surface area contributed by atoms with Gasteiger partial charge >= 0.3 is 0 Å². The summed E-state index contributed by atoms with van der Waals surface area (Å²) in [6.07, 6.45) is 1.13. The summed E-state index contributed by atoms with van der Waals surface area (Å²) in [5, 5.41) is 4.22. The third kappa shape index (κ3) is 4.32. The summed E-state index contributed by atoms with van der Waals surface area (Å²) in [6, 6.07) is 21.8. The standard InChI is InChI=1S/C22H16ClN3O3S/c23-19-13-24-22(30(28,29)14-15-6-2-1-3-7-15)26-20(19)21(27)25-18-11-10-16-8-4-5-9-17(16)12-18/h1-13H,14H2,(H,25,27). The van der Waals surface area contributed by atoms with Crippen LogP contribution in [0.15, 0.2) is 84.1 Å². The maximum absolute atomic E-state index is 12.7. The molecule has 3 aromatic carbocycles. The number of carbonyl (C=O) groups is 1. The van der Waals surface area contributed by atoms with Crippen LogP contribution in [0.25, 0.3) is 10.8 Å². The van der Waals surface area contributed by atoms with E-state index >= 15 is 0 Å². The molecule has 0 saturated carbocycles. The monoisotopic (exact) mass is 437 g/mol. The summed E-state index contributed by atoms with van der Waals surface area (Å²) in [5.74, 6) is -0.893. The molecule has 1 aromatic heterocycles. The maximum atomic E-state index is 12.7. The van der Waals surface area contributed by atoms with Gasteiger partial charge in [0.2, 0.25) is 15.0 Å². The Labute approximate surface area is 178 Å². The lowest BCUT2D eigenvalue weighted by Gasteiger charge is -2.09. The van der Waals surface area contributed by atoms with E-state index in [1.54, 1.807) is 36.4 Å². The quantitative estimate of drug-likeness (QED) is 0.464. The molecule has 30 heavy (non-hydrogen) atoms. The lowest BCUT2D eigenvalue weighted by atomic mass is 10.1. The van der Waals surface area contributed by atoms with Crippen LogP contribution >= 0.6 is 11.6 Å². The first-order valence-corrected chi connectivity index (χ1v) is 11.0. The molecule has 0 radical (unpaired) electrons. The molecule has 150 valence electrons. The van der Waals surface area contributed by atoms with Gasteiger partial charge in [-0.25, -0.2) is 18.4 Å². The largest absolute Gasteiger partial charge is 0.321 e. The highest BCUT2D eigenvalue weighted by Gasteiger charge is 2.23. The maximum Gasteiger partial charge on any atom is 0.275 e. The summed E-state index contributed by atoms with van der Waals surface area (Å²) in [7, 11) is -3.85. The number of aromatic nitrogens is 2. The molecule has 0 unspecified atom stereocenters. The molecule has 0 aliphatic carbocycles. The molecular weight excluding hydrogens is 422 g/mol. The first-order chi connectivity index (χ1) is 14.4. The highest BCUT2D eigenvalue weighted by Crippen LogP contribution is 2.22. The van der Waals surface area contributed by atoms with Gasteiger partial charge in [0, 0.05) is 5.69 Å². The van der Waals surface area contributed by atoms with Crippen LogP contribution in [0.5, 0.6) is 0 Å². The van der Waals surface area contributed by atoms with Crippen molar-refractivity contribution < 1.29 is 13.2 Å². The van der Waals surface area contributed by atoms with Gasteiger partial charge < -0.3 is 5.32 Å². The van der Waals surface area contributed by atoms with Gasteiger partial charge in [-0.15, -0.1) is 0 Å². The fraction of sp³-hybridized carbons (Fsp3) is 0.0455. The summed E-state index contributed by atoms with van der Waals surface area (Å²) in [5.41, 5.74) is 0.937. The van der Waals surface area contributed by atoms with Crippen LogP contribution in [0.2, 0.25) is 5.02 Å². The van der Waals surface area contributed by atoms with E-state index in [1.807, 2.05) is 36.4 Å². The lowest BCUT2D eigenvalue weighted by molar-refractivity contribution is 0.102. The van der Waals surface area contributed by atoms with Crippen LogP contribution in [0.4, 0.5) is 5.69 Å². The van der Waals surface area contributed by atoms with E-state index in [4.69, 9.17) is 11.6 Å². The molecule has 1 N–H and O–H groups in total. The second kappa shape index (κ2) is 8.22. The zero-order valence-electron chi connectivity index (χ0n) is 15.6. The van der Waals surface area contributed by atoms with Crippen LogP contribution in [-0.4, -0.2) is 24.3 Å². The van der Waals surface area contributed by atoms with Crippen molar-refractivity contribution in [3.8, 4) is 0 Å². The Hall–Kier alpha value is -3.29. The smallest absolute Gasteiger partial charge is 0.275 e. The molecule has 0 aliphatic heterocycles. The fourth-order valence-electron chi connectivity index (χ4n) is 2.98. The number of hydrogen-bond donors (Lipinski definition) is 1. The van der Waals surface area contributed by atoms with Crippen molar-refractivity contribution in [2.45, 2.75) is 10.9 Å². The van der Waals surface area contributed by atoms with E-state index in [0.29, 0.717) is 11.3 Å². The molecule has 1 heterocycles. The molecule has 0 fully saturated rings. The van der Waals surface area contributed by atoms with Crippen LogP contribution in [-0.2, 0) is 15.6 Å². The molecule has 0 spiro atoms. The van der Waals surface area contributed by atoms with E-state index in [-0.39, 0.29) is 16.5 Å². The van der Waals surface area contributed by atoms with Crippen LogP contribution in [0.3, 0.4) is 0 Å². The normalized spacial score (nSPS) is 11.4. The number of carbonyl (C=O) groups excluding carboxylic acids is 1. The molecule has 0 saturated heterocycles. The lowest BCUT2D eigenvalue weighted by Crippen LogP contribution is -2.18. The average molecular weight is 438 g/mol. The zero-order valence-corrected chi connectivity index (χ0v) is 17.2. The van der Waals surface area contributed by atoms with E-state index in [1.165, 1.54) is 0 Å². The Kier molecular flexibility index (Phi) is 5.48. The van der Waals surface area contributed by atoms with Crippen molar-refractivity contribution in [3.05, 3.63) is 95.3 Å². The van der Waals surface area contributed by atoms with Gasteiger partial charge in [-0.2, -0.15) is 0 Å². The second-order valence-corrected chi connectivity index (χ2v) is 8.90. The molecule has 0 aliphatic rings. The van der Waals surface area contributed by atoms with Gasteiger partial charge in [-0.05, 0) is 28.5 Å². The van der Waals surface area contributed by atoms with Gasteiger partial charge in [0.1, 0.15) is 0 Å². The van der Waals surface area contributed by atoms with Crippen molar-refractivity contribution in [1.82, 2.24) is 9.97 Å². The predicted octanol–water partition coefficient (Wildman–Crippen LogP) is 4.51. The molecule has 4 rings (SSSR count). The van der Waals surface area contributed by atoms with Gasteiger partial charge in [-0.1, -0.05) is 72.3 Å². The number of rotatable bonds is 5. The Balaban J connectivity index is 1.61. The Morgan fingerprint density at radius 2 is 1.63 bits per heavy atom. The van der Waals surface area contributed by atoms with Crippen LogP contribution < -0.4 is 5.32 Å². The van der Waals surface area contributed by atoms with E-state index in [0.717, 1.165) is 17.0 Å². The van der Waals surface area contributed by atoms with Crippen molar-refractivity contribution in [3.63, 3.8) is 0 Å². The number of nitrogens with zero attached hydrogens (tertiary/aromatic N) is 2. The number of amides is 1. The van der Waals surface area contributed by atoms with Crippen molar-refractivity contribution in [2.75, 3.05) is 5.32 Å². The molecule has 8 heteroatoms. The number of fused-ring (bicyclic) bond motifs is 1. The Bertz CT molecular complexity index is 1340. The summed E-state index contributed by atoms with van der Waals surface area (Å²) >= 11 is 6.08. The topological polar surface area (TPSA) is 89.0 Å². The molecule has 4 aromatic rings. The van der Waals surface area contributed by atoms with Crippen LogP contribution in [0.1, 0.15) is 16.1 Å². The Morgan fingerprint density at radius 1 is 0.933 bits per heavy atom. The highest BCUT2D eigenvalue weighted by atomic mass is 35.5. The average Bonchev–Trinajstić information content (AvgIpc) is 2.74. The predicted molar refractivity (Wildman–Crippen MR) is 116 cm³/mol. The zero-order chi connectivity index (χ0) is 21.1. The number of benzene rings is 3. The van der Waals surface area contributed by atoms with Crippen molar-refractivity contribution in [2.24, 2.45) is 0 Å². The SMILES string of the molecule is O=C(Nc1ccc2ccccc2c1)c1nc(S(=O)(=O)Cc2ccccc2)ncc1Cl. The van der Waals surface area contributed by atoms with Gasteiger partial charge in [0.25, 0.3) is 5.91 Å². The molecule has 0 bridgehead atoms. The Morgan fingerprint density at radius 3 is 2.40 bits per heavy atom.